The van der Waals surface area contributed by atoms with Crippen LogP contribution in [-0.2, 0) is 11.2 Å². The lowest BCUT2D eigenvalue weighted by atomic mass is 10.0. The van der Waals surface area contributed by atoms with Crippen LogP contribution in [0.1, 0.15) is 39.9 Å². The van der Waals surface area contributed by atoms with Crippen molar-refractivity contribution in [1.29, 1.82) is 10.5 Å². The van der Waals surface area contributed by atoms with Crippen LogP contribution < -0.4 is 16.2 Å². The van der Waals surface area contributed by atoms with Gasteiger partial charge in [0.15, 0.2) is 0 Å². The molecule has 0 aliphatic heterocycles. The predicted molar refractivity (Wildman–Crippen MR) is 136 cm³/mol. The highest BCUT2D eigenvalue weighted by molar-refractivity contribution is 5.92. The van der Waals surface area contributed by atoms with Crippen LogP contribution in [0.2, 0.25) is 0 Å². The molecule has 0 bridgehead atoms. The van der Waals surface area contributed by atoms with Gasteiger partial charge in [-0.3, -0.25) is 0 Å². The second kappa shape index (κ2) is 12.5. The molecule has 3 rings (SSSR count). The van der Waals surface area contributed by atoms with Gasteiger partial charge in [-0.25, -0.2) is 4.79 Å². The van der Waals surface area contributed by atoms with E-state index in [4.69, 9.17) is 26.2 Å². The Morgan fingerprint density at radius 1 is 0.914 bits per heavy atom. The van der Waals surface area contributed by atoms with E-state index in [-0.39, 0.29) is 6.61 Å². The molecule has 3 aromatic carbocycles. The van der Waals surface area contributed by atoms with E-state index in [0.29, 0.717) is 54.1 Å². The lowest BCUT2D eigenvalue weighted by Gasteiger charge is -2.08. The van der Waals surface area contributed by atoms with Gasteiger partial charge < -0.3 is 20.9 Å². The van der Waals surface area contributed by atoms with Crippen molar-refractivity contribution in [3.05, 3.63) is 89.0 Å². The van der Waals surface area contributed by atoms with Crippen molar-refractivity contribution < 1.29 is 14.3 Å². The van der Waals surface area contributed by atoms with Gasteiger partial charge in [0.05, 0.1) is 36.5 Å². The highest BCUT2D eigenvalue weighted by Gasteiger charge is 2.09. The summed E-state index contributed by atoms with van der Waals surface area (Å²) in [5.41, 5.74) is 16.1. The molecule has 176 valence electrons. The summed E-state index contributed by atoms with van der Waals surface area (Å²) < 4.78 is 10.9. The number of nitrogens with zero attached hydrogens (tertiary/aromatic N) is 2. The maximum Gasteiger partial charge on any atom is 0.338 e. The maximum absolute atomic E-state index is 12.4. The fourth-order valence-electron chi connectivity index (χ4n) is 3.31. The topological polar surface area (TPSA) is 135 Å². The number of rotatable bonds is 10. The minimum absolute atomic E-state index is 0.200. The number of nitrogen functional groups attached to an aromatic ring is 2. The van der Waals surface area contributed by atoms with Gasteiger partial charge in [-0.1, -0.05) is 18.2 Å². The molecule has 35 heavy (non-hydrogen) atoms. The van der Waals surface area contributed by atoms with Gasteiger partial charge in [0.25, 0.3) is 0 Å². The Hall–Kier alpha value is -4.75. The van der Waals surface area contributed by atoms with Gasteiger partial charge in [0.2, 0.25) is 0 Å². The number of hydrogen-bond donors (Lipinski definition) is 2. The van der Waals surface area contributed by atoms with Crippen molar-refractivity contribution in [3.8, 4) is 17.9 Å². The normalized spacial score (nSPS) is 10.7. The van der Waals surface area contributed by atoms with Crippen molar-refractivity contribution in [3.63, 3.8) is 0 Å². The van der Waals surface area contributed by atoms with Gasteiger partial charge in [-0.2, -0.15) is 10.5 Å². The van der Waals surface area contributed by atoms with E-state index in [1.807, 2.05) is 18.2 Å². The lowest BCUT2D eigenvalue weighted by Crippen LogP contribution is -2.09. The molecule has 7 heteroatoms. The van der Waals surface area contributed by atoms with Crippen molar-refractivity contribution in [2.24, 2.45) is 0 Å². The molecule has 3 aromatic rings. The Labute approximate surface area is 204 Å². The van der Waals surface area contributed by atoms with Crippen LogP contribution in [0.4, 0.5) is 11.4 Å². The third-order valence-electron chi connectivity index (χ3n) is 5.22. The average molecular weight is 467 g/mol. The Bertz CT molecular complexity index is 1270. The van der Waals surface area contributed by atoms with E-state index in [1.54, 1.807) is 54.6 Å². The van der Waals surface area contributed by atoms with Gasteiger partial charge in [0, 0.05) is 24.2 Å². The first-order chi connectivity index (χ1) is 17.0. The number of ether oxygens (including phenoxy) is 2. The summed E-state index contributed by atoms with van der Waals surface area (Å²) >= 11 is 0. The fraction of sp³-hybridized carbons (Fsp3) is 0.179. The standard InChI is InChI=1S/C28H26N4O3/c29-14-1-2-15-34-26-11-8-21(9-12-26)24(19-30)17-20-3-5-23(6-4-20)28(33)35-16-13-22-7-10-25(31)18-27(22)32/h3-12,17-18H,1-2,13,15-16,31-32H2/b24-17+. The first-order valence-electron chi connectivity index (χ1n) is 11.1. The number of carbonyl (C=O) groups excluding carboxylic acids is 1. The molecule has 0 saturated carbocycles. The molecule has 0 aliphatic rings. The van der Waals surface area contributed by atoms with Gasteiger partial charge in [-0.15, -0.1) is 0 Å². The molecule has 0 aliphatic carbocycles. The maximum atomic E-state index is 12.4. The second-order valence-corrected chi connectivity index (χ2v) is 7.77. The third kappa shape index (κ3) is 7.38. The Kier molecular flexibility index (Phi) is 8.87. The summed E-state index contributed by atoms with van der Waals surface area (Å²) in [6, 6.07) is 23.6. The minimum atomic E-state index is -0.430. The van der Waals surface area contributed by atoms with E-state index in [0.717, 1.165) is 16.7 Å². The summed E-state index contributed by atoms with van der Waals surface area (Å²) in [6.07, 6.45) is 3.37. The molecule has 0 atom stereocenters. The Morgan fingerprint density at radius 3 is 2.29 bits per heavy atom. The minimum Gasteiger partial charge on any atom is -0.494 e. The van der Waals surface area contributed by atoms with Crippen molar-refractivity contribution >= 4 is 29.0 Å². The largest absolute Gasteiger partial charge is 0.494 e. The predicted octanol–water partition coefficient (Wildman–Crippen LogP) is 5.00. The molecule has 0 spiro atoms. The number of hydrogen-bond acceptors (Lipinski definition) is 7. The van der Waals surface area contributed by atoms with E-state index in [1.165, 1.54) is 0 Å². The van der Waals surface area contributed by atoms with Crippen molar-refractivity contribution in [2.45, 2.75) is 19.3 Å². The lowest BCUT2D eigenvalue weighted by molar-refractivity contribution is 0.0509. The smallest absolute Gasteiger partial charge is 0.338 e. The molecule has 0 amide bonds. The number of nitrogens with two attached hydrogens (primary N) is 2. The van der Waals surface area contributed by atoms with Gasteiger partial charge >= 0.3 is 5.97 Å². The summed E-state index contributed by atoms with van der Waals surface area (Å²) in [5.74, 6) is 0.256. The number of benzene rings is 3. The number of unbranched alkanes of at least 4 members (excludes halogenated alkanes) is 1. The van der Waals surface area contributed by atoms with Crippen LogP contribution in [0, 0.1) is 22.7 Å². The third-order valence-corrected chi connectivity index (χ3v) is 5.22. The van der Waals surface area contributed by atoms with Crippen LogP contribution >= 0.6 is 0 Å². The summed E-state index contributed by atoms with van der Waals surface area (Å²) in [4.78, 5) is 12.4. The molecule has 0 unspecified atom stereocenters. The van der Waals surface area contributed by atoms with Crippen LogP contribution in [0.3, 0.4) is 0 Å². The molecule has 0 radical (unpaired) electrons. The van der Waals surface area contributed by atoms with Gasteiger partial charge in [0.1, 0.15) is 5.75 Å². The number of allylic oxidation sites excluding steroid dienone is 1. The highest BCUT2D eigenvalue weighted by Crippen LogP contribution is 2.22. The average Bonchev–Trinajstić information content (AvgIpc) is 2.87. The Balaban J connectivity index is 1.57. The molecule has 0 heterocycles. The van der Waals surface area contributed by atoms with Crippen LogP contribution in [-0.4, -0.2) is 19.2 Å². The molecule has 0 saturated heterocycles. The van der Waals surface area contributed by atoms with Crippen LogP contribution in [0.15, 0.2) is 66.7 Å². The summed E-state index contributed by atoms with van der Waals surface area (Å²) in [7, 11) is 0. The number of anilines is 2. The van der Waals surface area contributed by atoms with E-state index < -0.39 is 5.97 Å². The molecule has 4 N–H and O–H groups in total. The molecular formula is C28H26N4O3. The zero-order chi connectivity index (χ0) is 25.0. The van der Waals surface area contributed by atoms with Crippen molar-refractivity contribution in [2.75, 3.05) is 24.7 Å². The molecular weight excluding hydrogens is 440 g/mol. The zero-order valence-corrected chi connectivity index (χ0v) is 19.2. The number of carbonyl (C=O) groups is 1. The number of nitriles is 2. The Morgan fingerprint density at radius 2 is 1.63 bits per heavy atom. The number of esters is 1. The van der Waals surface area contributed by atoms with Crippen molar-refractivity contribution in [1.82, 2.24) is 0 Å². The first-order valence-corrected chi connectivity index (χ1v) is 11.1. The van der Waals surface area contributed by atoms with E-state index in [2.05, 4.69) is 12.1 Å². The van der Waals surface area contributed by atoms with Gasteiger partial charge in [-0.05, 0) is 77.7 Å². The van der Waals surface area contributed by atoms with Crippen LogP contribution in [0.25, 0.3) is 11.6 Å². The molecule has 7 nitrogen and oxygen atoms in total. The zero-order valence-electron chi connectivity index (χ0n) is 19.2. The molecule has 0 aromatic heterocycles. The SMILES string of the molecule is N#CCCCOc1ccc(/C(C#N)=C/c2ccc(C(=O)OCCc3ccc(N)cc3N)cc2)cc1. The molecule has 0 fully saturated rings. The van der Waals surface area contributed by atoms with E-state index in [9.17, 15) is 10.1 Å². The van der Waals surface area contributed by atoms with E-state index >= 15 is 0 Å². The highest BCUT2D eigenvalue weighted by atomic mass is 16.5. The summed E-state index contributed by atoms with van der Waals surface area (Å²) in [5, 5.41) is 18.2. The monoisotopic (exact) mass is 466 g/mol. The first kappa shape index (κ1) is 24.9. The fourth-order valence-corrected chi connectivity index (χ4v) is 3.31. The second-order valence-electron chi connectivity index (χ2n) is 7.77. The van der Waals surface area contributed by atoms with Crippen LogP contribution in [0.5, 0.6) is 5.75 Å². The summed E-state index contributed by atoms with van der Waals surface area (Å²) in [6.45, 7) is 0.670. The quantitative estimate of drug-likeness (QED) is 0.141.